The number of nitrogens with zero attached hydrogens (tertiary/aromatic N) is 2. The minimum absolute atomic E-state index is 0.218. The average molecular weight is 344 g/mol. The molecule has 0 bridgehead atoms. The monoisotopic (exact) mass is 344 g/mol. The number of aromatic nitrogens is 1. The van der Waals surface area contributed by atoms with Crippen LogP contribution in [0.15, 0.2) is 34.9 Å². The minimum Gasteiger partial charge on any atom is -0.493 e. The minimum atomic E-state index is -0.450. The van der Waals surface area contributed by atoms with E-state index in [4.69, 9.17) is 13.9 Å². The summed E-state index contributed by atoms with van der Waals surface area (Å²) in [5, 5.41) is 0. The van der Waals surface area contributed by atoms with Crippen molar-refractivity contribution in [2.24, 2.45) is 5.92 Å². The zero-order valence-corrected chi connectivity index (χ0v) is 14.7. The number of esters is 1. The Labute approximate surface area is 147 Å². The number of aryl methyl sites for hydroxylation is 1. The van der Waals surface area contributed by atoms with Gasteiger partial charge in [0, 0.05) is 19.0 Å². The Morgan fingerprint density at radius 3 is 3.12 bits per heavy atom. The largest absolute Gasteiger partial charge is 0.493 e. The van der Waals surface area contributed by atoms with E-state index in [9.17, 15) is 4.79 Å². The van der Waals surface area contributed by atoms with Gasteiger partial charge < -0.3 is 18.8 Å². The molecule has 0 unspecified atom stereocenters. The molecule has 1 aliphatic heterocycles. The summed E-state index contributed by atoms with van der Waals surface area (Å²) in [6.45, 7) is 6.47. The molecule has 0 N–H and O–H groups in total. The summed E-state index contributed by atoms with van der Waals surface area (Å²) < 4.78 is 16.4. The van der Waals surface area contributed by atoms with Crippen LogP contribution in [0.5, 0.6) is 5.75 Å². The van der Waals surface area contributed by atoms with Gasteiger partial charge in [0.25, 0.3) is 6.01 Å². The standard InChI is InChI=1S/C19H24N2O4/c1-3-23-18(22)17-13-25-19(20-17)21-9-5-7-15(11-21)12-24-16-8-4-6-14(2)10-16/h4,6,8,10,13,15H,3,5,7,9,11-12H2,1-2H3/t15-/m0/s1. The zero-order chi connectivity index (χ0) is 17.6. The van der Waals surface area contributed by atoms with E-state index < -0.39 is 5.97 Å². The smallest absolute Gasteiger partial charge is 0.360 e. The molecule has 1 fully saturated rings. The van der Waals surface area contributed by atoms with Crippen LogP contribution in [-0.4, -0.2) is 37.3 Å². The molecule has 0 radical (unpaired) electrons. The summed E-state index contributed by atoms with van der Waals surface area (Å²) in [5.74, 6) is 0.846. The van der Waals surface area contributed by atoms with Crippen LogP contribution in [0.3, 0.4) is 0 Å². The van der Waals surface area contributed by atoms with E-state index in [2.05, 4.69) is 22.9 Å². The van der Waals surface area contributed by atoms with Crippen LogP contribution in [-0.2, 0) is 4.74 Å². The topological polar surface area (TPSA) is 64.8 Å². The number of carbonyl (C=O) groups excluding carboxylic acids is 1. The molecule has 6 heteroatoms. The average Bonchev–Trinajstić information content (AvgIpc) is 3.11. The van der Waals surface area contributed by atoms with Gasteiger partial charge in [-0.1, -0.05) is 12.1 Å². The molecule has 1 aromatic heterocycles. The highest BCUT2D eigenvalue weighted by Gasteiger charge is 2.25. The van der Waals surface area contributed by atoms with Crippen molar-refractivity contribution in [2.45, 2.75) is 26.7 Å². The van der Waals surface area contributed by atoms with E-state index in [1.54, 1.807) is 6.92 Å². The van der Waals surface area contributed by atoms with E-state index in [1.807, 2.05) is 18.2 Å². The Morgan fingerprint density at radius 1 is 1.44 bits per heavy atom. The maximum atomic E-state index is 11.7. The number of anilines is 1. The van der Waals surface area contributed by atoms with Gasteiger partial charge in [-0.2, -0.15) is 4.98 Å². The van der Waals surface area contributed by atoms with Crippen molar-refractivity contribution < 1.29 is 18.7 Å². The van der Waals surface area contributed by atoms with Crippen molar-refractivity contribution in [1.29, 1.82) is 0 Å². The van der Waals surface area contributed by atoms with E-state index in [-0.39, 0.29) is 5.69 Å². The molecule has 3 rings (SSSR count). The third-order valence-corrected chi connectivity index (χ3v) is 4.24. The van der Waals surface area contributed by atoms with Crippen molar-refractivity contribution in [3.05, 3.63) is 41.8 Å². The second-order valence-corrected chi connectivity index (χ2v) is 6.32. The predicted molar refractivity (Wildman–Crippen MR) is 94.1 cm³/mol. The predicted octanol–water partition coefficient (Wildman–Crippen LogP) is 3.46. The number of ether oxygens (including phenoxy) is 2. The molecule has 2 aromatic rings. The van der Waals surface area contributed by atoms with Crippen LogP contribution in [0.2, 0.25) is 0 Å². The number of carbonyl (C=O) groups is 1. The van der Waals surface area contributed by atoms with Crippen molar-refractivity contribution in [1.82, 2.24) is 4.98 Å². The van der Waals surface area contributed by atoms with E-state index in [0.29, 0.717) is 25.1 Å². The summed E-state index contributed by atoms with van der Waals surface area (Å²) in [4.78, 5) is 18.0. The fourth-order valence-corrected chi connectivity index (χ4v) is 3.00. The van der Waals surface area contributed by atoms with Crippen molar-refractivity contribution in [3.63, 3.8) is 0 Å². The van der Waals surface area contributed by atoms with E-state index >= 15 is 0 Å². The molecule has 1 aliphatic rings. The molecule has 1 aromatic carbocycles. The first-order valence-electron chi connectivity index (χ1n) is 8.72. The molecule has 25 heavy (non-hydrogen) atoms. The number of benzene rings is 1. The highest BCUT2D eigenvalue weighted by Crippen LogP contribution is 2.24. The van der Waals surface area contributed by atoms with Crippen molar-refractivity contribution in [2.75, 3.05) is 31.2 Å². The number of hydrogen-bond donors (Lipinski definition) is 0. The van der Waals surface area contributed by atoms with Gasteiger partial charge in [-0.25, -0.2) is 4.79 Å². The Kier molecular flexibility index (Phi) is 5.58. The molecule has 0 amide bonds. The van der Waals surface area contributed by atoms with Crippen molar-refractivity contribution >= 4 is 12.0 Å². The van der Waals surface area contributed by atoms with Crippen LogP contribution in [0.25, 0.3) is 0 Å². The maximum Gasteiger partial charge on any atom is 0.360 e. The van der Waals surface area contributed by atoms with E-state index in [1.165, 1.54) is 11.8 Å². The Balaban J connectivity index is 1.56. The quantitative estimate of drug-likeness (QED) is 0.748. The second kappa shape index (κ2) is 8.05. The van der Waals surface area contributed by atoms with Gasteiger partial charge in [0.15, 0.2) is 5.69 Å². The lowest BCUT2D eigenvalue weighted by atomic mass is 9.99. The zero-order valence-electron chi connectivity index (χ0n) is 14.7. The molecule has 134 valence electrons. The van der Waals surface area contributed by atoms with E-state index in [0.717, 1.165) is 31.7 Å². The van der Waals surface area contributed by atoms with Crippen LogP contribution in [0.4, 0.5) is 6.01 Å². The third kappa shape index (κ3) is 4.53. The van der Waals surface area contributed by atoms with Gasteiger partial charge in [-0.15, -0.1) is 0 Å². The maximum absolute atomic E-state index is 11.7. The van der Waals surface area contributed by atoms with Gasteiger partial charge >= 0.3 is 5.97 Å². The molecular weight excluding hydrogens is 320 g/mol. The molecule has 1 saturated heterocycles. The summed E-state index contributed by atoms with van der Waals surface area (Å²) in [6.07, 6.45) is 3.51. The third-order valence-electron chi connectivity index (χ3n) is 4.24. The van der Waals surface area contributed by atoms with Crippen LogP contribution in [0.1, 0.15) is 35.8 Å². The first-order valence-corrected chi connectivity index (χ1v) is 8.72. The fraction of sp³-hybridized carbons (Fsp3) is 0.474. The van der Waals surface area contributed by atoms with Crippen LogP contribution < -0.4 is 9.64 Å². The molecule has 1 atom stereocenters. The SMILES string of the molecule is CCOC(=O)c1coc(N2CCC[C@H](COc3cccc(C)c3)C2)n1. The molecule has 6 nitrogen and oxygen atoms in total. The highest BCUT2D eigenvalue weighted by molar-refractivity contribution is 5.87. The van der Waals surface area contributed by atoms with Gasteiger partial charge in [-0.3, -0.25) is 0 Å². The highest BCUT2D eigenvalue weighted by atomic mass is 16.5. The summed E-state index contributed by atoms with van der Waals surface area (Å²) in [6, 6.07) is 8.55. The molecule has 0 spiro atoms. The van der Waals surface area contributed by atoms with Gasteiger partial charge in [-0.05, 0) is 44.4 Å². The summed E-state index contributed by atoms with van der Waals surface area (Å²) >= 11 is 0. The lowest BCUT2D eigenvalue weighted by Crippen LogP contribution is -2.38. The molecule has 0 saturated carbocycles. The summed E-state index contributed by atoms with van der Waals surface area (Å²) in [5.41, 5.74) is 1.41. The Bertz CT molecular complexity index is 713. The fourth-order valence-electron chi connectivity index (χ4n) is 3.00. The molecule has 2 heterocycles. The Hall–Kier alpha value is -2.50. The van der Waals surface area contributed by atoms with Crippen LogP contribution in [0, 0.1) is 12.8 Å². The first kappa shape index (κ1) is 17.3. The lowest BCUT2D eigenvalue weighted by molar-refractivity contribution is 0.0519. The van der Waals surface area contributed by atoms with Crippen molar-refractivity contribution in [3.8, 4) is 5.75 Å². The lowest BCUT2D eigenvalue weighted by Gasteiger charge is -2.31. The molecular formula is C19H24N2O4. The normalized spacial score (nSPS) is 17.4. The van der Waals surface area contributed by atoms with Gasteiger partial charge in [0.1, 0.15) is 12.0 Å². The number of piperidine rings is 1. The second-order valence-electron chi connectivity index (χ2n) is 6.32. The van der Waals surface area contributed by atoms with Gasteiger partial charge in [0.05, 0.1) is 13.2 Å². The Morgan fingerprint density at radius 2 is 2.32 bits per heavy atom. The number of hydrogen-bond acceptors (Lipinski definition) is 6. The number of rotatable bonds is 6. The number of oxazole rings is 1. The summed E-state index contributed by atoms with van der Waals surface area (Å²) in [7, 11) is 0. The van der Waals surface area contributed by atoms with Crippen LogP contribution >= 0.6 is 0 Å². The molecule has 0 aliphatic carbocycles. The van der Waals surface area contributed by atoms with Gasteiger partial charge in [0.2, 0.25) is 0 Å². The first-order chi connectivity index (χ1) is 12.2.